The van der Waals surface area contributed by atoms with Gasteiger partial charge in [0.25, 0.3) is 0 Å². The second kappa shape index (κ2) is 6.90. The van der Waals surface area contributed by atoms with Crippen molar-refractivity contribution in [2.24, 2.45) is 11.8 Å². The largest absolute Gasteiger partial charge is 0.313 e. The van der Waals surface area contributed by atoms with E-state index in [-0.39, 0.29) is 0 Å². The molecule has 1 nitrogen and oxygen atoms in total. The molecule has 0 aromatic rings. The summed E-state index contributed by atoms with van der Waals surface area (Å²) >= 11 is 0. The van der Waals surface area contributed by atoms with Crippen LogP contribution >= 0.6 is 0 Å². The highest BCUT2D eigenvalue weighted by molar-refractivity contribution is 4.89. The Labute approximate surface area is 95.0 Å². The lowest BCUT2D eigenvalue weighted by Gasteiger charge is -2.27. The van der Waals surface area contributed by atoms with Gasteiger partial charge in [0.05, 0.1) is 0 Å². The van der Waals surface area contributed by atoms with Crippen LogP contribution < -0.4 is 5.32 Å². The summed E-state index contributed by atoms with van der Waals surface area (Å²) in [5.41, 5.74) is 0. The Hall–Kier alpha value is -0.480. The van der Waals surface area contributed by atoms with Gasteiger partial charge < -0.3 is 5.32 Å². The fraction of sp³-hybridized carbons (Fsp3) is 0.857. The Morgan fingerprint density at radius 1 is 1.33 bits per heavy atom. The molecule has 1 aliphatic rings. The minimum Gasteiger partial charge on any atom is -0.313 e. The van der Waals surface area contributed by atoms with Crippen molar-refractivity contribution in [1.82, 2.24) is 5.32 Å². The third-order valence-corrected chi connectivity index (χ3v) is 3.69. The van der Waals surface area contributed by atoms with Crippen LogP contribution in [0.25, 0.3) is 0 Å². The average Bonchev–Trinajstić information content (AvgIpc) is 2.26. The fourth-order valence-electron chi connectivity index (χ4n) is 2.37. The SMILES string of the molecule is C#CCC(CC)NCC1CCC(C)CC1. The maximum Gasteiger partial charge on any atom is 0.0240 e. The summed E-state index contributed by atoms with van der Waals surface area (Å²) in [6.45, 7) is 5.75. The maximum atomic E-state index is 5.34. The molecule has 0 saturated heterocycles. The Kier molecular flexibility index (Phi) is 5.79. The first-order chi connectivity index (χ1) is 7.26. The molecule has 15 heavy (non-hydrogen) atoms. The van der Waals surface area contributed by atoms with Gasteiger partial charge in [0.2, 0.25) is 0 Å². The molecule has 0 spiro atoms. The van der Waals surface area contributed by atoms with Gasteiger partial charge >= 0.3 is 0 Å². The van der Waals surface area contributed by atoms with Crippen LogP contribution in [0.15, 0.2) is 0 Å². The van der Waals surface area contributed by atoms with Crippen LogP contribution in [0.4, 0.5) is 0 Å². The molecule has 0 bridgehead atoms. The molecule has 0 amide bonds. The van der Waals surface area contributed by atoms with Crippen molar-refractivity contribution in [2.45, 2.75) is 58.4 Å². The Balaban J connectivity index is 2.16. The van der Waals surface area contributed by atoms with Gasteiger partial charge in [0.1, 0.15) is 0 Å². The van der Waals surface area contributed by atoms with E-state index in [4.69, 9.17) is 6.42 Å². The number of nitrogens with one attached hydrogen (secondary N) is 1. The van der Waals surface area contributed by atoms with Gasteiger partial charge in [-0.2, -0.15) is 0 Å². The van der Waals surface area contributed by atoms with Crippen LogP contribution in [0.1, 0.15) is 52.4 Å². The van der Waals surface area contributed by atoms with E-state index < -0.39 is 0 Å². The van der Waals surface area contributed by atoms with E-state index in [0.717, 1.165) is 24.7 Å². The molecule has 86 valence electrons. The van der Waals surface area contributed by atoms with Gasteiger partial charge in [-0.25, -0.2) is 0 Å². The number of hydrogen-bond acceptors (Lipinski definition) is 1. The van der Waals surface area contributed by atoms with Crippen LogP contribution in [0.5, 0.6) is 0 Å². The van der Waals surface area contributed by atoms with E-state index in [9.17, 15) is 0 Å². The minimum absolute atomic E-state index is 0.536. The molecule has 1 rings (SSSR count). The van der Waals surface area contributed by atoms with E-state index in [0.29, 0.717) is 6.04 Å². The van der Waals surface area contributed by atoms with Crippen LogP contribution in [-0.4, -0.2) is 12.6 Å². The van der Waals surface area contributed by atoms with Crippen molar-refractivity contribution < 1.29 is 0 Å². The van der Waals surface area contributed by atoms with E-state index in [1.165, 1.54) is 32.2 Å². The van der Waals surface area contributed by atoms with Crippen molar-refractivity contribution in [3.05, 3.63) is 0 Å². The first-order valence-corrected chi connectivity index (χ1v) is 6.43. The highest BCUT2D eigenvalue weighted by Crippen LogP contribution is 2.27. The molecule has 1 aliphatic carbocycles. The number of terminal acetylenes is 1. The highest BCUT2D eigenvalue weighted by Gasteiger charge is 2.18. The second-order valence-corrected chi connectivity index (χ2v) is 5.05. The zero-order valence-electron chi connectivity index (χ0n) is 10.3. The topological polar surface area (TPSA) is 12.0 Å². The summed E-state index contributed by atoms with van der Waals surface area (Å²) in [6, 6.07) is 0.536. The third-order valence-electron chi connectivity index (χ3n) is 3.69. The molecule has 1 N–H and O–H groups in total. The Morgan fingerprint density at radius 2 is 2.00 bits per heavy atom. The zero-order valence-corrected chi connectivity index (χ0v) is 10.3. The molecule has 0 radical (unpaired) electrons. The van der Waals surface area contributed by atoms with Crippen molar-refractivity contribution in [3.8, 4) is 12.3 Å². The molecular weight excluding hydrogens is 182 g/mol. The molecule has 1 unspecified atom stereocenters. The summed E-state index contributed by atoms with van der Waals surface area (Å²) < 4.78 is 0. The summed E-state index contributed by atoms with van der Waals surface area (Å²) in [6.07, 6.45) is 13.0. The molecule has 0 aromatic heterocycles. The molecule has 0 aliphatic heterocycles. The normalized spacial score (nSPS) is 28.3. The van der Waals surface area contributed by atoms with Gasteiger partial charge in [0.15, 0.2) is 0 Å². The Bertz CT molecular complexity index is 196. The number of rotatable bonds is 5. The second-order valence-electron chi connectivity index (χ2n) is 5.05. The smallest absolute Gasteiger partial charge is 0.0240 e. The highest BCUT2D eigenvalue weighted by atomic mass is 14.9. The van der Waals surface area contributed by atoms with Gasteiger partial charge in [0, 0.05) is 12.5 Å². The first-order valence-electron chi connectivity index (χ1n) is 6.43. The van der Waals surface area contributed by atoms with Gasteiger partial charge in [-0.3, -0.25) is 0 Å². The molecular formula is C14H25N. The van der Waals surface area contributed by atoms with E-state index in [1.807, 2.05) is 0 Å². The average molecular weight is 207 g/mol. The quantitative estimate of drug-likeness (QED) is 0.683. The van der Waals surface area contributed by atoms with Gasteiger partial charge in [-0.05, 0) is 37.6 Å². The predicted octanol–water partition coefficient (Wildman–Crippen LogP) is 3.20. The van der Waals surface area contributed by atoms with Gasteiger partial charge in [-0.15, -0.1) is 12.3 Å². The lowest BCUT2D eigenvalue weighted by Crippen LogP contribution is -2.34. The van der Waals surface area contributed by atoms with Crippen LogP contribution in [-0.2, 0) is 0 Å². The third kappa shape index (κ3) is 4.71. The summed E-state index contributed by atoms with van der Waals surface area (Å²) in [5.74, 6) is 4.60. The van der Waals surface area contributed by atoms with E-state index in [1.54, 1.807) is 0 Å². The monoisotopic (exact) mass is 207 g/mol. The van der Waals surface area contributed by atoms with Gasteiger partial charge in [-0.1, -0.05) is 26.7 Å². The Morgan fingerprint density at radius 3 is 2.53 bits per heavy atom. The van der Waals surface area contributed by atoms with Crippen LogP contribution in [0.2, 0.25) is 0 Å². The molecule has 1 heteroatoms. The summed E-state index contributed by atoms with van der Waals surface area (Å²) in [4.78, 5) is 0. The fourth-order valence-corrected chi connectivity index (χ4v) is 2.37. The maximum absolute atomic E-state index is 5.34. The predicted molar refractivity (Wildman–Crippen MR) is 66.7 cm³/mol. The van der Waals surface area contributed by atoms with E-state index in [2.05, 4.69) is 25.1 Å². The van der Waals surface area contributed by atoms with Crippen LogP contribution in [0.3, 0.4) is 0 Å². The molecule has 0 aromatic carbocycles. The lowest BCUT2D eigenvalue weighted by molar-refractivity contribution is 0.273. The van der Waals surface area contributed by atoms with Crippen molar-refractivity contribution in [3.63, 3.8) is 0 Å². The first kappa shape index (κ1) is 12.6. The van der Waals surface area contributed by atoms with Crippen molar-refractivity contribution in [2.75, 3.05) is 6.54 Å². The standard InChI is InChI=1S/C14H25N/c1-4-6-14(5-2)15-11-13-9-7-12(3)8-10-13/h1,12-15H,5-11H2,2-3H3. The lowest BCUT2D eigenvalue weighted by atomic mass is 9.83. The summed E-state index contributed by atoms with van der Waals surface area (Å²) in [5, 5.41) is 3.61. The molecule has 1 fully saturated rings. The minimum atomic E-state index is 0.536. The van der Waals surface area contributed by atoms with Crippen molar-refractivity contribution in [1.29, 1.82) is 0 Å². The molecule has 0 heterocycles. The van der Waals surface area contributed by atoms with E-state index >= 15 is 0 Å². The van der Waals surface area contributed by atoms with Crippen LogP contribution in [0, 0.1) is 24.2 Å². The zero-order chi connectivity index (χ0) is 11.1. The number of hydrogen-bond donors (Lipinski definition) is 1. The molecule has 1 atom stereocenters. The van der Waals surface area contributed by atoms with Crippen molar-refractivity contribution >= 4 is 0 Å². The molecule has 1 saturated carbocycles. The summed E-state index contributed by atoms with van der Waals surface area (Å²) in [7, 11) is 0.